The van der Waals surface area contributed by atoms with Gasteiger partial charge in [-0.3, -0.25) is 4.79 Å². The monoisotopic (exact) mass is 1140 g/mol. The van der Waals surface area contributed by atoms with Crippen molar-refractivity contribution in [2.75, 3.05) is 46.8 Å². The Balaban J connectivity index is -0.000000108. The Morgan fingerprint density at radius 2 is 0.896 bits per heavy atom. The third-order valence-corrected chi connectivity index (χ3v) is 12.0. The molecule has 77 heavy (non-hydrogen) atoms. The summed E-state index contributed by atoms with van der Waals surface area (Å²) < 4.78 is 21.3. The van der Waals surface area contributed by atoms with Crippen molar-refractivity contribution in [1.82, 2.24) is 0 Å². The number of carbonyl (C=O) groups excluding carboxylic acids is 3. The van der Waals surface area contributed by atoms with Gasteiger partial charge in [0, 0.05) is 54.8 Å². The molecule has 0 aliphatic heterocycles. The molecule has 0 heterocycles. The fourth-order valence-corrected chi connectivity index (χ4v) is 7.48. The van der Waals surface area contributed by atoms with Crippen LogP contribution in [0.2, 0.25) is 0 Å². The van der Waals surface area contributed by atoms with Crippen LogP contribution in [0.5, 0.6) is 0 Å². The summed E-state index contributed by atoms with van der Waals surface area (Å²) in [5.41, 5.74) is 4.83. The molecule has 0 saturated carbocycles. The molecule has 3 N–H and O–H groups in total. The third kappa shape index (κ3) is 46.2. The van der Waals surface area contributed by atoms with Crippen molar-refractivity contribution >= 4 is 51.3 Å². The first-order valence-electron chi connectivity index (χ1n) is 24.6. The number of allylic oxidation sites excluding steroid dienone is 6. The summed E-state index contributed by atoms with van der Waals surface area (Å²) in [7, 11) is 1.43. The van der Waals surface area contributed by atoms with Gasteiger partial charge in [0.15, 0.2) is 0 Å². The van der Waals surface area contributed by atoms with Crippen molar-refractivity contribution in [1.29, 1.82) is 0 Å². The van der Waals surface area contributed by atoms with Crippen LogP contribution in [0.1, 0.15) is 106 Å². The van der Waals surface area contributed by atoms with E-state index >= 15 is 0 Å². The molecule has 0 aromatic heterocycles. The average molecular weight is 1140 g/mol. The summed E-state index contributed by atoms with van der Waals surface area (Å²) in [4.78, 5) is 31.5. The van der Waals surface area contributed by atoms with Crippen LogP contribution in [0.25, 0.3) is 0 Å². The average Bonchev–Trinajstić information content (AvgIpc) is 4.25. The number of rotatable bonds is 23. The molecule has 3 aliphatic rings. The second-order valence-corrected chi connectivity index (χ2v) is 17.7. The Hall–Kier alpha value is -2.12. The summed E-state index contributed by atoms with van der Waals surface area (Å²) in [5, 5.41) is 27.2. The minimum atomic E-state index is -0.0833. The van der Waals surface area contributed by atoms with Gasteiger partial charge in [0.2, 0.25) is 0 Å². The minimum Gasteiger partial charge on any atom is -1.00 e. The predicted octanol–water partition coefficient (Wildman–Crippen LogP) is 3.26. The van der Waals surface area contributed by atoms with Crippen LogP contribution in [-0.4, -0.2) is 97.4 Å². The molecule has 16 heteroatoms. The molecule has 0 amide bonds. The van der Waals surface area contributed by atoms with E-state index in [0.717, 1.165) is 73.8 Å². The van der Waals surface area contributed by atoms with Gasteiger partial charge in [0.25, 0.3) is 0 Å². The molecule has 10 nitrogen and oxygen atoms in total. The molecule has 410 valence electrons. The third-order valence-electron chi connectivity index (χ3n) is 11.3. The van der Waals surface area contributed by atoms with Crippen molar-refractivity contribution in [2.24, 2.45) is 29.6 Å². The SMILES string of the molecule is BrCc1ccccc1.C.C.C1=CCC(COCc2ccccc2)C1.COC(=O)C1CC=CC1.O=CCC(CC=O)COCc1ccccc1.OCC1CC=CC1.OCCC(CCO)COCc1ccccc1.[B].[B].[H-].[H-].[H-].[Li+].[Na+].[Na+]. The first-order valence-corrected chi connectivity index (χ1v) is 25.7. The van der Waals surface area contributed by atoms with Gasteiger partial charge in [-0.2, -0.15) is 0 Å². The molecule has 0 spiro atoms. The van der Waals surface area contributed by atoms with Crippen LogP contribution in [0, 0.1) is 29.6 Å². The molecular weight excluding hydrogens is 1050 g/mol. The van der Waals surface area contributed by atoms with E-state index in [2.05, 4.69) is 81.4 Å². The van der Waals surface area contributed by atoms with E-state index in [1.807, 2.05) is 97.1 Å². The summed E-state index contributed by atoms with van der Waals surface area (Å²) in [5.74, 6) is 1.55. The molecule has 4 aromatic rings. The van der Waals surface area contributed by atoms with Crippen LogP contribution in [0.4, 0.5) is 0 Å². The maximum atomic E-state index is 10.8. The van der Waals surface area contributed by atoms with E-state index < -0.39 is 0 Å². The van der Waals surface area contributed by atoms with E-state index in [0.29, 0.717) is 64.6 Å². The van der Waals surface area contributed by atoms with Crippen LogP contribution in [-0.2, 0) is 58.5 Å². The van der Waals surface area contributed by atoms with Gasteiger partial charge in [-0.05, 0) is 97.3 Å². The maximum Gasteiger partial charge on any atom is 1.00 e. The number of ether oxygens (including phenoxy) is 4. The molecule has 0 bridgehead atoms. The molecular formula is C61H90B2BrLiNa2O10. The van der Waals surface area contributed by atoms with Gasteiger partial charge in [-0.1, -0.05) is 189 Å². The number of halogens is 1. The quantitative estimate of drug-likeness (QED) is 0.0333. The topological polar surface area (TPSA) is 149 Å². The first kappa shape index (κ1) is 86.1. The normalized spacial score (nSPS) is 12.4. The largest absolute Gasteiger partial charge is 1.00 e. The zero-order valence-electron chi connectivity index (χ0n) is 48.4. The number of carbonyl (C=O) groups is 3. The molecule has 0 fully saturated rings. The Labute approximate surface area is 537 Å². The van der Waals surface area contributed by atoms with Crippen LogP contribution in [0.3, 0.4) is 0 Å². The van der Waals surface area contributed by atoms with E-state index in [-0.39, 0.29) is 151 Å². The number of aldehydes is 2. The van der Waals surface area contributed by atoms with Crippen molar-refractivity contribution in [3.63, 3.8) is 0 Å². The van der Waals surface area contributed by atoms with Crippen molar-refractivity contribution < 1.29 is 131 Å². The molecule has 0 saturated heterocycles. The molecule has 0 atom stereocenters. The number of aliphatic hydroxyl groups is 3. The number of hydrogen-bond acceptors (Lipinski definition) is 10. The van der Waals surface area contributed by atoms with Gasteiger partial charge in [-0.25, -0.2) is 0 Å². The van der Waals surface area contributed by atoms with Gasteiger partial charge in [0.05, 0.1) is 52.7 Å². The van der Waals surface area contributed by atoms with Crippen molar-refractivity contribution in [2.45, 2.75) is 104 Å². The van der Waals surface area contributed by atoms with Crippen LogP contribution in [0.15, 0.2) is 158 Å². The number of methoxy groups -OCH3 is 1. The Morgan fingerprint density at radius 1 is 0.558 bits per heavy atom. The van der Waals surface area contributed by atoms with Gasteiger partial charge in [0.1, 0.15) is 12.6 Å². The molecule has 7 rings (SSSR count). The van der Waals surface area contributed by atoms with E-state index in [4.69, 9.17) is 29.5 Å². The number of esters is 1. The van der Waals surface area contributed by atoms with Gasteiger partial charge in [-0.15, -0.1) is 0 Å². The smallest absolute Gasteiger partial charge is 1.00 e. The molecule has 6 radical (unpaired) electrons. The Kier molecular flexibility index (Phi) is 68.8. The van der Waals surface area contributed by atoms with Crippen LogP contribution < -0.4 is 78.0 Å². The summed E-state index contributed by atoms with van der Waals surface area (Å²) >= 11 is 3.36. The van der Waals surface area contributed by atoms with Gasteiger partial charge < -0.3 is 48.1 Å². The maximum absolute atomic E-state index is 10.8. The van der Waals surface area contributed by atoms with E-state index in [9.17, 15) is 14.4 Å². The fraction of sp³-hybridized carbons (Fsp3) is 0.459. The minimum absolute atomic E-state index is 0. The summed E-state index contributed by atoms with van der Waals surface area (Å²) in [6.45, 7) is 4.45. The van der Waals surface area contributed by atoms with Gasteiger partial charge >= 0.3 is 83.9 Å². The zero-order chi connectivity index (χ0) is 50.5. The molecule has 4 aromatic carbocycles. The van der Waals surface area contributed by atoms with E-state index in [1.54, 1.807) is 0 Å². The van der Waals surface area contributed by atoms with Crippen molar-refractivity contribution in [3.8, 4) is 0 Å². The number of benzene rings is 4. The standard InChI is InChI=1S/C13H20O3.C13H16O3.C13H16O.C7H7Br.C7H10O2.C6H10O.2CH4.2B.Li.2Na.3H/c2*14-8-6-13(7-9-15)11-16-10-12-4-2-1-3-5-12;1-2-6-12(7-3-1)10-14-11-13-8-4-5-9-13;8-6-7-4-2-1-3-5-7;1-9-7(8)6-4-2-3-5-6;7-5-6-3-1-2-4-6;;;;;;;;;;/h1-5,13-15H,6-11H2;1-5,8-9,13H,6-7,10-11H2;1-7,13H,8-11H2;1-5H,6H2;2-3,6H,4-5H2,1H3;1-2,6-7H,3-5H2;2*1H4;;;;;;;;/q;;;;;;;;;;3*+1;3*-1. The second-order valence-electron chi connectivity index (χ2n) is 17.1. The molecule has 0 unspecified atom stereocenters. The zero-order valence-corrected chi connectivity index (χ0v) is 51.0. The number of alkyl halides is 1. The Bertz CT molecular complexity index is 1940. The summed E-state index contributed by atoms with van der Waals surface area (Å²) in [6.07, 6.45) is 22.8. The molecule has 3 aliphatic carbocycles. The van der Waals surface area contributed by atoms with Crippen LogP contribution >= 0.6 is 15.9 Å². The fourth-order valence-electron chi connectivity index (χ4n) is 7.11. The number of hydrogen-bond donors (Lipinski definition) is 3. The predicted molar refractivity (Wildman–Crippen MR) is 312 cm³/mol. The van der Waals surface area contributed by atoms with E-state index in [1.165, 1.54) is 31.1 Å². The van der Waals surface area contributed by atoms with Crippen molar-refractivity contribution in [3.05, 3.63) is 180 Å². The number of aliphatic hydroxyl groups excluding tert-OH is 3. The first-order chi connectivity index (χ1) is 34.4. The summed E-state index contributed by atoms with van der Waals surface area (Å²) in [6, 6.07) is 40.4. The Morgan fingerprint density at radius 3 is 1.21 bits per heavy atom. The second kappa shape index (κ2) is 61.5.